The van der Waals surface area contributed by atoms with E-state index in [0.717, 1.165) is 10.3 Å². The van der Waals surface area contributed by atoms with Gasteiger partial charge in [0.1, 0.15) is 5.00 Å². The van der Waals surface area contributed by atoms with E-state index in [1.165, 1.54) is 23.7 Å². The first-order valence-electron chi connectivity index (χ1n) is 4.00. The molecule has 2 heterocycles. The summed E-state index contributed by atoms with van der Waals surface area (Å²) in [5.74, 6) is 1.21. The van der Waals surface area contributed by atoms with E-state index >= 15 is 0 Å². The third kappa shape index (κ3) is 1.90. The summed E-state index contributed by atoms with van der Waals surface area (Å²) in [5.41, 5.74) is 0. The van der Waals surface area contributed by atoms with Crippen LogP contribution in [0.2, 0.25) is 0 Å². The maximum absolute atomic E-state index is 3.81. The molecule has 5 heteroatoms. The fraction of sp³-hybridized carbons (Fsp3) is 0.714. The van der Waals surface area contributed by atoms with Crippen molar-refractivity contribution in [2.75, 3.05) is 11.1 Å². The number of thioether (sulfide) groups is 1. The summed E-state index contributed by atoms with van der Waals surface area (Å²) in [7, 11) is 0. The van der Waals surface area contributed by atoms with E-state index < -0.39 is 0 Å². The average molecular weight is 201 g/mol. The molecule has 1 N–H and O–H groups in total. The summed E-state index contributed by atoms with van der Waals surface area (Å²) in [5, 5.41) is 9.09. The van der Waals surface area contributed by atoms with Gasteiger partial charge in [0.2, 0.25) is 0 Å². The second kappa shape index (κ2) is 3.62. The number of anilines is 1. The SMILES string of the molecule is CC1CC(Nc2cnns2)CS1. The van der Waals surface area contributed by atoms with Crippen molar-refractivity contribution < 1.29 is 0 Å². The molecule has 0 radical (unpaired) electrons. The van der Waals surface area contributed by atoms with Crippen LogP contribution in [0.4, 0.5) is 5.00 Å². The molecule has 2 rings (SSSR count). The van der Waals surface area contributed by atoms with Crippen molar-refractivity contribution in [1.82, 2.24) is 9.59 Å². The third-order valence-corrected chi connectivity index (χ3v) is 3.86. The smallest absolute Gasteiger partial charge is 0.130 e. The lowest BCUT2D eigenvalue weighted by Crippen LogP contribution is -2.17. The van der Waals surface area contributed by atoms with Crippen LogP contribution in [0.25, 0.3) is 0 Å². The Morgan fingerprint density at radius 1 is 1.67 bits per heavy atom. The fourth-order valence-corrected chi connectivity index (χ4v) is 2.99. The molecule has 0 aromatic carbocycles. The highest BCUT2D eigenvalue weighted by Crippen LogP contribution is 2.28. The highest BCUT2D eigenvalue weighted by Gasteiger charge is 2.21. The average Bonchev–Trinajstić information content (AvgIpc) is 2.63. The number of aromatic nitrogens is 2. The first kappa shape index (κ1) is 8.31. The highest BCUT2D eigenvalue weighted by atomic mass is 32.2. The van der Waals surface area contributed by atoms with Gasteiger partial charge in [0.25, 0.3) is 0 Å². The normalized spacial score (nSPS) is 29.1. The summed E-state index contributed by atoms with van der Waals surface area (Å²) in [6.07, 6.45) is 3.04. The molecular weight excluding hydrogens is 190 g/mol. The first-order valence-corrected chi connectivity index (χ1v) is 5.82. The van der Waals surface area contributed by atoms with Crippen LogP contribution in [-0.2, 0) is 0 Å². The Balaban J connectivity index is 1.88. The minimum Gasteiger partial charge on any atom is -0.371 e. The van der Waals surface area contributed by atoms with E-state index in [0.29, 0.717) is 6.04 Å². The molecule has 3 nitrogen and oxygen atoms in total. The lowest BCUT2D eigenvalue weighted by atomic mass is 10.2. The lowest BCUT2D eigenvalue weighted by molar-refractivity contribution is 0.749. The predicted molar refractivity (Wildman–Crippen MR) is 53.9 cm³/mol. The van der Waals surface area contributed by atoms with Crippen molar-refractivity contribution >= 4 is 28.3 Å². The molecule has 2 unspecified atom stereocenters. The van der Waals surface area contributed by atoms with Gasteiger partial charge < -0.3 is 5.32 Å². The van der Waals surface area contributed by atoms with Crippen LogP contribution in [0.5, 0.6) is 0 Å². The van der Waals surface area contributed by atoms with Crippen LogP contribution in [0.15, 0.2) is 6.20 Å². The standard InChI is InChI=1S/C7H11N3S2/c1-5-2-6(4-11-5)9-7-3-8-10-12-7/h3,5-6,9H,2,4H2,1H3. The molecule has 1 aliphatic rings. The number of nitrogens with zero attached hydrogens (tertiary/aromatic N) is 2. The first-order chi connectivity index (χ1) is 5.84. The summed E-state index contributed by atoms with van der Waals surface area (Å²) >= 11 is 3.46. The molecule has 66 valence electrons. The van der Waals surface area contributed by atoms with Crippen LogP contribution in [0.3, 0.4) is 0 Å². The zero-order chi connectivity index (χ0) is 8.39. The number of rotatable bonds is 2. The zero-order valence-electron chi connectivity index (χ0n) is 6.86. The van der Waals surface area contributed by atoms with Crippen molar-refractivity contribution in [3.63, 3.8) is 0 Å². The molecule has 0 saturated carbocycles. The van der Waals surface area contributed by atoms with Crippen molar-refractivity contribution in [2.24, 2.45) is 0 Å². The Bertz CT molecular complexity index is 237. The predicted octanol–water partition coefficient (Wildman–Crippen LogP) is 1.84. The van der Waals surface area contributed by atoms with Gasteiger partial charge in [-0.15, -0.1) is 5.10 Å². The molecule has 1 fully saturated rings. The summed E-state index contributed by atoms with van der Waals surface area (Å²) < 4.78 is 3.81. The maximum atomic E-state index is 3.81. The molecule has 1 aliphatic heterocycles. The Morgan fingerprint density at radius 2 is 2.58 bits per heavy atom. The van der Waals surface area contributed by atoms with Crippen molar-refractivity contribution in [1.29, 1.82) is 0 Å². The van der Waals surface area contributed by atoms with Gasteiger partial charge in [-0.1, -0.05) is 11.4 Å². The van der Waals surface area contributed by atoms with E-state index in [-0.39, 0.29) is 0 Å². The molecule has 1 aromatic rings. The molecule has 0 amide bonds. The molecule has 0 aliphatic carbocycles. The Kier molecular flexibility index (Phi) is 2.51. The van der Waals surface area contributed by atoms with Gasteiger partial charge >= 0.3 is 0 Å². The van der Waals surface area contributed by atoms with Crippen LogP contribution in [0.1, 0.15) is 13.3 Å². The third-order valence-electron chi connectivity index (χ3n) is 1.91. The highest BCUT2D eigenvalue weighted by molar-refractivity contribution is 8.00. The van der Waals surface area contributed by atoms with Gasteiger partial charge in [-0.2, -0.15) is 11.8 Å². The zero-order valence-corrected chi connectivity index (χ0v) is 8.49. The topological polar surface area (TPSA) is 37.8 Å². The summed E-state index contributed by atoms with van der Waals surface area (Å²) in [6.45, 7) is 2.28. The number of hydrogen-bond donors (Lipinski definition) is 1. The Labute approximate surface area is 80.1 Å². The van der Waals surface area contributed by atoms with E-state index in [1.54, 1.807) is 6.20 Å². The summed E-state index contributed by atoms with van der Waals surface area (Å²) in [6, 6.07) is 0.618. The molecule has 2 atom stereocenters. The van der Waals surface area contributed by atoms with Gasteiger partial charge in [0, 0.05) is 28.6 Å². The van der Waals surface area contributed by atoms with E-state index in [4.69, 9.17) is 0 Å². The van der Waals surface area contributed by atoms with Crippen LogP contribution in [0, 0.1) is 0 Å². The molecule has 0 spiro atoms. The van der Waals surface area contributed by atoms with Gasteiger partial charge in [-0.25, -0.2) is 0 Å². The molecule has 12 heavy (non-hydrogen) atoms. The Morgan fingerprint density at radius 3 is 3.17 bits per heavy atom. The maximum Gasteiger partial charge on any atom is 0.130 e. The van der Waals surface area contributed by atoms with Crippen molar-refractivity contribution in [2.45, 2.75) is 24.6 Å². The van der Waals surface area contributed by atoms with E-state index in [9.17, 15) is 0 Å². The molecule has 0 bridgehead atoms. The van der Waals surface area contributed by atoms with E-state index in [1.807, 2.05) is 11.8 Å². The second-order valence-corrected chi connectivity index (χ2v) is 5.26. The fourth-order valence-electron chi connectivity index (χ4n) is 1.35. The van der Waals surface area contributed by atoms with Crippen LogP contribution < -0.4 is 5.32 Å². The number of nitrogens with one attached hydrogen (secondary N) is 1. The quantitative estimate of drug-likeness (QED) is 0.792. The van der Waals surface area contributed by atoms with Gasteiger partial charge in [-0.3, -0.25) is 0 Å². The largest absolute Gasteiger partial charge is 0.371 e. The lowest BCUT2D eigenvalue weighted by Gasteiger charge is -2.08. The Hall–Kier alpha value is -0.290. The molecule has 1 aromatic heterocycles. The van der Waals surface area contributed by atoms with Gasteiger partial charge in [0.05, 0.1) is 6.20 Å². The number of hydrogen-bond acceptors (Lipinski definition) is 5. The van der Waals surface area contributed by atoms with Gasteiger partial charge in [0.15, 0.2) is 0 Å². The van der Waals surface area contributed by atoms with Crippen LogP contribution >= 0.6 is 23.3 Å². The van der Waals surface area contributed by atoms with Crippen molar-refractivity contribution in [3.05, 3.63) is 6.20 Å². The van der Waals surface area contributed by atoms with E-state index in [2.05, 4.69) is 21.8 Å². The van der Waals surface area contributed by atoms with Crippen molar-refractivity contribution in [3.8, 4) is 0 Å². The van der Waals surface area contributed by atoms with Crippen LogP contribution in [-0.4, -0.2) is 26.6 Å². The second-order valence-electron chi connectivity index (χ2n) is 3.00. The minimum absolute atomic E-state index is 0.618. The molecule has 1 saturated heterocycles. The molecular formula is C7H11N3S2. The summed E-state index contributed by atoms with van der Waals surface area (Å²) in [4.78, 5) is 0. The minimum atomic E-state index is 0.618. The monoisotopic (exact) mass is 201 g/mol. The van der Waals surface area contributed by atoms with Gasteiger partial charge in [-0.05, 0) is 6.42 Å².